The van der Waals surface area contributed by atoms with Crippen molar-refractivity contribution in [2.24, 2.45) is 5.92 Å². The number of hydrogen-bond acceptors (Lipinski definition) is 2. The van der Waals surface area contributed by atoms with Crippen LogP contribution in [0.3, 0.4) is 0 Å². The molecule has 0 aliphatic heterocycles. The van der Waals surface area contributed by atoms with E-state index in [2.05, 4.69) is 6.58 Å². The Labute approximate surface area is 73.2 Å². The number of rotatable bonds is 2. The van der Waals surface area contributed by atoms with Gasteiger partial charge in [-0.1, -0.05) is 18.7 Å². The van der Waals surface area contributed by atoms with E-state index in [9.17, 15) is 10.2 Å². The van der Waals surface area contributed by atoms with Crippen LogP contribution in [0.15, 0.2) is 24.3 Å². The summed E-state index contributed by atoms with van der Waals surface area (Å²) in [6.45, 7) is 5.72. The molecule has 1 rings (SSSR count). The summed E-state index contributed by atoms with van der Waals surface area (Å²) in [6.07, 6.45) is 4.26. The van der Waals surface area contributed by atoms with Gasteiger partial charge in [0, 0.05) is 12.3 Å². The molecule has 2 nitrogen and oxygen atoms in total. The van der Waals surface area contributed by atoms with Crippen molar-refractivity contribution in [3.8, 4) is 0 Å². The van der Waals surface area contributed by atoms with Crippen molar-refractivity contribution in [1.82, 2.24) is 0 Å². The van der Waals surface area contributed by atoms with Gasteiger partial charge in [0.25, 0.3) is 0 Å². The highest BCUT2D eigenvalue weighted by Crippen LogP contribution is 2.33. The van der Waals surface area contributed by atoms with Crippen molar-refractivity contribution >= 4 is 0 Å². The lowest BCUT2D eigenvalue weighted by molar-refractivity contribution is 0.120. The van der Waals surface area contributed by atoms with Gasteiger partial charge in [0.1, 0.15) is 0 Å². The summed E-state index contributed by atoms with van der Waals surface area (Å²) in [7, 11) is 0. The van der Waals surface area contributed by atoms with E-state index in [0.717, 1.165) is 12.0 Å². The number of aliphatic hydroxyl groups excluding tert-OH is 2. The maximum atomic E-state index is 9.50. The molecule has 2 heteroatoms. The Hall–Kier alpha value is -0.600. The van der Waals surface area contributed by atoms with Gasteiger partial charge in [-0.25, -0.2) is 0 Å². The van der Waals surface area contributed by atoms with Gasteiger partial charge in [0.05, 0.1) is 12.2 Å². The lowest BCUT2D eigenvalue weighted by atomic mass is 9.98. The summed E-state index contributed by atoms with van der Waals surface area (Å²) in [5.41, 5.74) is 0.778. The second-order valence-electron chi connectivity index (χ2n) is 3.30. The zero-order chi connectivity index (χ0) is 9.14. The van der Waals surface area contributed by atoms with Crippen molar-refractivity contribution in [2.45, 2.75) is 32.0 Å². The van der Waals surface area contributed by atoms with Crippen LogP contribution in [0.2, 0.25) is 0 Å². The summed E-state index contributed by atoms with van der Waals surface area (Å²) in [4.78, 5) is 0. The molecule has 1 aliphatic rings. The van der Waals surface area contributed by atoms with E-state index < -0.39 is 12.2 Å². The Morgan fingerprint density at radius 3 is 2.67 bits per heavy atom. The average Bonchev–Trinajstić information content (AvgIpc) is 2.25. The van der Waals surface area contributed by atoms with E-state index in [4.69, 9.17) is 0 Å². The zero-order valence-corrected chi connectivity index (χ0v) is 7.40. The Balaban J connectivity index is 2.57. The number of allylic oxidation sites excluding steroid dienone is 2. The van der Waals surface area contributed by atoms with Crippen LogP contribution in [0.4, 0.5) is 0 Å². The summed E-state index contributed by atoms with van der Waals surface area (Å²) in [6, 6.07) is 0. The Morgan fingerprint density at radius 1 is 1.58 bits per heavy atom. The fourth-order valence-corrected chi connectivity index (χ4v) is 1.63. The quantitative estimate of drug-likeness (QED) is 0.609. The Kier molecular flexibility index (Phi) is 3.06. The maximum Gasteiger partial charge on any atom is 0.0776 e. The van der Waals surface area contributed by atoms with Crippen LogP contribution in [0.1, 0.15) is 19.8 Å². The summed E-state index contributed by atoms with van der Waals surface area (Å²) >= 11 is 0. The van der Waals surface area contributed by atoms with Crippen LogP contribution in [0, 0.1) is 5.92 Å². The molecule has 0 aromatic rings. The van der Waals surface area contributed by atoms with Crippen LogP contribution < -0.4 is 0 Å². The molecule has 0 radical (unpaired) electrons. The lowest BCUT2D eigenvalue weighted by Gasteiger charge is -2.12. The van der Waals surface area contributed by atoms with Crippen LogP contribution in [0.5, 0.6) is 0 Å². The maximum absolute atomic E-state index is 9.50. The molecule has 0 heterocycles. The second kappa shape index (κ2) is 3.87. The highest BCUT2D eigenvalue weighted by atomic mass is 16.3. The Morgan fingerprint density at radius 2 is 2.25 bits per heavy atom. The third kappa shape index (κ3) is 1.76. The minimum atomic E-state index is -0.504. The van der Waals surface area contributed by atoms with Gasteiger partial charge in [-0.2, -0.15) is 0 Å². The van der Waals surface area contributed by atoms with Crippen LogP contribution in [-0.2, 0) is 0 Å². The highest BCUT2D eigenvalue weighted by Gasteiger charge is 2.34. The van der Waals surface area contributed by atoms with E-state index in [0.29, 0.717) is 6.42 Å². The van der Waals surface area contributed by atoms with E-state index in [-0.39, 0.29) is 5.92 Å². The van der Waals surface area contributed by atoms with Crippen LogP contribution in [0.25, 0.3) is 0 Å². The molecule has 0 aromatic heterocycles. The third-order valence-electron chi connectivity index (χ3n) is 2.46. The molecule has 68 valence electrons. The first-order valence-electron chi connectivity index (χ1n) is 4.32. The molecule has 12 heavy (non-hydrogen) atoms. The molecule has 0 saturated heterocycles. The summed E-state index contributed by atoms with van der Waals surface area (Å²) in [5.74, 6) is 0.0520. The topological polar surface area (TPSA) is 40.5 Å². The molecule has 0 spiro atoms. The van der Waals surface area contributed by atoms with Crippen molar-refractivity contribution in [2.75, 3.05) is 0 Å². The monoisotopic (exact) mass is 168 g/mol. The van der Waals surface area contributed by atoms with Crippen molar-refractivity contribution in [3.05, 3.63) is 24.3 Å². The predicted octanol–water partition coefficient (Wildman–Crippen LogP) is 1.25. The predicted molar refractivity (Wildman–Crippen MR) is 48.7 cm³/mol. The fourth-order valence-electron chi connectivity index (χ4n) is 1.63. The first-order valence-corrected chi connectivity index (χ1v) is 4.32. The van der Waals surface area contributed by atoms with Crippen molar-refractivity contribution < 1.29 is 10.2 Å². The Bertz CT molecular complexity index is 196. The molecule has 0 aromatic carbocycles. The molecule has 1 fully saturated rings. The van der Waals surface area contributed by atoms with Gasteiger partial charge in [-0.3, -0.25) is 0 Å². The molecule has 0 amide bonds. The molecule has 0 bridgehead atoms. The van der Waals surface area contributed by atoms with Gasteiger partial charge in [0.15, 0.2) is 0 Å². The standard InChI is InChI=1S/C10H16O2/c1-3-4-5-8-7(2)9(11)6-10(8)12/h3-4,8-12H,2,5-6H2,1H3. The third-order valence-corrected chi connectivity index (χ3v) is 2.46. The molecule has 3 atom stereocenters. The smallest absolute Gasteiger partial charge is 0.0776 e. The lowest BCUT2D eigenvalue weighted by Crippen LogP contribution is -2.12. The van der Waals surface area contributed by atoms with E-state index in [1.54, 1.807) is 0 Å². The second-order valence-corrected chi connectivity index (χ2v) is 3.30. The van der Waals surface area contributed by atoms with Crippen LogP contribution >= 0.6 is 0 Å². The van der Waals surface area contributed by atoms with E-state index in [1.165, 1.54) is 0 Å². The molecular formula is C10H16O2. The molecule has 1 saturated carbocycles. The molecule has 2 N–H and O–H groups in total. The van der Waals surface area contributed by atoms with E-state index in [1.807, 2.05) is 19.1 Å². The van der Waals surface area contributed by atoms with Gasteiger partial charge >= 0.3 is 0 Å². The van der Waals surface area contributed by atoms with Crippen molar-refractivity contribution in [1.29, 1.82) is 0 Å². The molecular weight excluding hydrogens is 152 g/mol. The minimum absolute atomic E-state index is 0.0520. The highest BCUT2D eigenvalue weighted by molar-refractivity contribution is 5.17. The van der Waals surface area contributed by atoms with Gasteiger partial charge in [-0.15, -0.1) is 0 Å². The first-order chi connectivity index (χ1) is 5.66. The fraction of sp³-hybridized carbons (Fsp3) is 0.600. The summed E-state index contributed by atoms with van der Waals surface area (Å²) < 4.78 is 0. The molecule has 3 unspecified atom stereocenters. The number of hydrogen-bond donors (Lipinski definition) is 2. The zero-order valence-electron chi connectivity index (χ0n) is 7.40. The van der Waals surface area contributed by atoms with Gasteiger partial charge in [0.2, 0.25) is 0 Å². The van der Waals surface area contributed by atoms with Gasteiger partial charge < -0.3 is 10.2 Å². The normalized spacial score (nSPS) is 36.6. The van der Waals surface area contributed by atoms with E-state index >= 15 is 0 Å². The summed E-state index contributed by atoms with van der Waals surface area (Å²) in [5, 5.41) is 18.9. The minimum Gasteiger partial charge on any atom is -0.392 e. The first kappa shape index (κ1) is 9.49. The van der Waals surface area contributed by atoms with Crippen molar-refractivity contribution in [3.63, 3.8) is 0 Å². The number of aliphatic hydroxyl groups is 2. The molecule has 1 aliphatic carbocycles. The van der Waals surface area contributed by atoms with Crippen LogP contribution in [-0.4, -0.2) is 22.4 Å². The van der Waals surface area contributed by atoms with Gasteiger partial charge in [-0.05, 0) is 18.9 Å². The average molecular weight is 168 g/mol. The largest absolute Gasteiger partial charge is 0.392 e. The SMILES string of the molecule is C=C1C(O)CC(O)C1CC=CC.